The standard InChI is InChI=1S/C10H12O2/c1-3-12-10-6-4-5-9(7-10)8-11-2/h3-7H,1,8H2,2H3. The first-order valence-electron chi connectivity index (χ1n) is 3.72. The SMILES string of the molecule is C=COc1cccc(COC)c1. The van der Waals surface area contributed by atoms with E-state index in [1.807, 2.05) is 24.3 Å². The predicted molar refractivity (Wildman–Crippen MR) is 48.0 cm³/mol. The van der Waals surface area contributed by atoms with E-state index in [-0.39, 0.29) is 0 Å². The number of hydrogen-bond donors (Lipinski definition) is 0. The van der Waals surface area contributed by atoms with Crippen molar-refractivity contribution in [2.24, 2.45) is 0 Å². The maximum Gasteiger partial charge on any atom is 0.126 e. The molecule has 1 rings (SSSR count). The summed E-state index contributed by atoms with van der Waals surface area (Å²) in [4.78, 5) is 0. The maximum atomic E-state index is 5.10. The second-order valence-electron chi connectivity index (χ2n) is 2.36. The van der Waals surface area contributed by atoms with E-state index in [9.17, 15) is 0 Å². The van der Waals surface area contributed by atoms with Gasteiger partial charge < -0.3 is 9.47 Å². The van der Waals surface area contributed by atoms with Crippen molar-refractivity contribution in [3.63, 3.8) is 0 Å². The summed E-state index contributed by atoms with van der Waals surface area (Å²) in [5.41, 5.74) is 1.09. The van der Waals surface area contributed by atoms with Crippen LogP contribution in [0.3, 0.4) is 0 Å². The van der Waals surface area contributed by atoms with Gasteiger partial charge in [0.25, 0.3) is 0 Å². The van der Waals surface area contributed by atoms with Gasteiger partial charge in [-0.05, 0) is 17.7 Å². The molecule has 0 radical (unpaired) electrons. The summed E-state index contributed by atoms with van der Waals surface area (Å²) in [6.07, 6.45) is 1.41. The largest absolute Gasteiger partial charge is 0.466 e. The maximum absolute atomic E-state index is 5.10. The highest BCUT2D eigenvalue weighted by Gasteiger charge is 1.93. The molecule has 0 spiro atoms. The molecule has 2 heteroatoms. The minimum atomic E-state index is 0.605. The van der Waals surface area contributed by atoms with Gasteiger partial charge in [-0.3, -0.25) is 0 Å². The Morgan fingerprint density at radius 1 is 1.50 bits per heavy atom. The average molecular weight is 164 g/mol. The zero-order chi connectivity index (χ0) is 8.81. The molecule has 1 aromatic carbocycles. The van der Waals surface area contributed by atoms with Crippen LogP contribution in [-0.4, -0.2) is 7.11 Å². The van der Waals surface area contributed by atoms with Crippen LogP contribution in [0.4, 0.5) is 0 Å². The fourth-order valence-corrected chi connectivity index (χ4v) is 0.971. The highest BCUT2D eigenvalue weighted by atomic mass is 16.5. The Bertz CT molecular complexity index is 256. The van der Waals surface area contributed by atoms with Gasteiger partial charge in [0, 0.05) is 7.11 Å². The predicted octanol–water partition coefficient (Wildman–Crippen LogP) is 2.36. The number of benzene rings is 1. The summed E-state index contributed by atoms with van der Waals surface area (Å²) >= 11 is 0. The fraction of sp³-hybridized carbons (Fsp3) is 0.200. The van der Waals surface area contributed by atoms with E-state index in [2.05, 4.69) is 6.58 Å². The average Bonchev–Trinajstić information content (AvgIpc) is 2.06. The Balaban J connectivity index is 2.73. The zero-order valence-corrected chi connectivity index (χ0v) is 7.12. The lowest BCUT2D eigenvalue weighted by Crippen LogP contribution is -1.88. The van der Waals surface area contributed by atoms with Crippen LogP contribution in [0, 0.1) is 0 Å². The van der Waals surface area contributed by atoms with Crippen molar-refractivity contribution in [2.75, 3.05) is 7.11 Å². The van der Waals surface area contributed by atoms with Gasteiger partial charge in [0.2, 0.25) is 0 Å². The van der Waals surface area contributed by atoms with Crippen LogP contribution < -0.4 is 4.74 Å². The van der Waals surface area contributed by atoms with Gasteiger partial charge in [-0.2, -0.15) is 0 Å². The molecule has 12 heavy (non-hydrogen) atoms. The Hall–Kier alpha value is -1.28. The van der Waals surface area contributed by atoms with Gasteiger partial charge in [0.15, 0.2) is 0 Å². The lowest BCUT2D eigenvalue weighted by molar-refractivity contribution is 0.184. The molecule has 0 bridgehead atoms. The molecule has 0 unspecified atom stereocenters. The summed E-state index contributed by atoms with van der Waals surface area (Å²) in [6.45, 7) is 4.08. The van der Waals surface area contributed by atoms with Gasteiger partial charge in [-0.15, -0.1) is 0 Å². The third-order valence-corrected chi connectivity index (χ3v) is 1.43. The normalized spacial score (nSPS) is 9.42. The Morgan fingerprint density at radius 3 is 3.00 bits per heavy atom. The monoisotopic (exact) mass is 164 g/mol. The Kier molecular flexibility index (Phi) is 3.35. The van der Waals surface area contributed by atoms with E-state index in [0.717, 1.165) is 11.3 Å². The van der Waals surface area contributed by atoms with E-state index < -0.39 is 0 Å². The summed E-state index contributed by atoms with van der Waals surface area (Å²) in [6, 6.07) is 7.71. The Labute approximate surface area is 72.4 Å². The fourth-order valence-electron chi connectivity index (χ4n) is 0.971. The van der Waals surface area contributed by atoms with Crippen molar-refractivity contribution in [3.05, 3.63) is 42.7 Å². The summed E-state index contributed by atoms with van der Waals surface area (Å²) in [7, 11) is 1.67. The van der Waals surface area contributed by atoms with E-state index in [1.54, 1.807) is 7.11 Å². The van der Waals surface area contributed by atoms with Crippen LogP contribution in [0.25, 0.3) is 0 Å². The van der Waals surface area contributed by atoms with Crippen molar-refractivity contribution >= 4 is 0 Å². The van der Waals surface area contributed by atoms with Gasteiger partial charge in [-0.1, -0.05) is 18.7 Å². The zero-order valence-electron chi connectivity index (χ0n) is 7.12. The van der Waals surface area contributed by atoms with Crippen molar-refractivity contribution in [3.8, 4) is 5.75 Å². The number of rotatable bonds is 4. The summed E-state index contributed by atoms with van der Waals surface area (Å²) < 4.78 is 10.1. The molecule has 0 aliphatic heterocycles. The van der Waals surface area contributed by atoms with Crippen molar-refractivity contribution in [2.45, 2.75) is 6.61 Å². The topological polar surface area (TPSA) is 18.5 Å². The van der Waals surface area contributed by atoms with Crippen molar-refractivity contribution in [1.29, 1.82) is 0 Å². The molecule has 0 atom stereocenters. The molecule has 0 saturated carbocycles. The van der Waals surface area contributed by atoms with E-state index in [4.69, 9.17) is 9.47 Å². The van der Waals surface area contributed by atoms with E-state index in [0.29, 0.717) is 6.61 Å². The number of hydrogen-bond acceptors (Lipinski definition) is 2. The van der Waals surface area contributed by atoms with E-state index >= 15 is 0 Å². The molecule has 0 aliphatic carbocycles. The number of ether oxygens (including phenoxy) is 2. The molecule has 64 valence electrons. The van der Waals surface area contributed by atoms with Crippen molar-refractivity contribution < 1.29 is 9.47 Å². The second-order valence-corrected chi connectivity index (χ2v) is 2.36. The highest BCUT2D eigenvalue weighted by Crippen LogP contribution is 2.13. The highest BCUT2D eigenvalue weighted by molar-refractivity contribution is 5.28. The van der Waals surface area contributed by atoms with Gasteiger partial charge in [0.1, 0.15) is 5.75 Å². The third-order valence-electron chi connectivity index (χ3n) is 1.43. The summed E-state index contributed by atoms with van der Waals surface area (Å²) in [5, 5.41) is 0. The first kappa shape index (κ1) is 8.81. The molecular weight excluding hydrogens is 152 g/mol. The smallest absolute Gasteiger partial charge is 0.126 e. The molecule has 0 aromatic heterocycles. The van der Waals surface area contributed by atoms with Crippen molar-refractivity contribution in [1.82, 2.24) is 0 Å². The van der Waals surface area contributed by atoms with Crippen LogP contribution >= 0.6 is 0 Å². The number of methoxy groups -OCH3 is 1. The molecule has 0 saturated heterocycles. The molecule has 0 heterocycles. The lowest BCUT2D eigenvalue weighted by Gasteiger charge is -2.02. The van der Waals surface area contributed by atoms with Crippen LogP contribution in [0.15, 0.2) is 37.1 Å². The van der Waals surface area contributed by atoms with Gasteiger partial charge in [-0.25, -0.2) is 0 Å². The van der Waals surface area contributed by atoms with Gasteiger partial charge >= 0.3 is 0 Å². The quantitative estimate of drug-likeness (QED) is 0.636. The lowest BCUT2D eigenvalue weighted by atomic mass is 10.2. The minimum absolute atomic E-state index is 0.605. The third kappa shape index (κ3) is 2.40. The molecule has 2 nitrogen and oxygen atoms in total. The molecule has 0 fully saturated rings. The minimum Gasteiger partial charge on any atom is -0.466 e. The van der Waals surface area contributed by atoms with Crippen LogP contribution in [0.5, 0.6) is 5.75 Å². The van der Waals surface area contributed by atoms with Crippen LogP contribution in [-0.2, 0) is 11.3 Å². The van der Waals surface area contributed by atoms with Gasteiger partial charge in [0.05, 0.1) is 12.9 Å². The Morgan fingerprint density at radius 2 is 2.33 bits per heavy atom. The van der Waals surface area contributed by atoms with E-state index in [1.165, 1.54) is 6.26 Å². The first-order chi connectivity index (χ1) is 5.86. The summed E-state index contributed by atoms with van der Waals surface area (Å²) in [5.74, 6) is 0.791. The first-order valence-corrected chi connectivity index (χ1v) is 3.72. The molecule has 0 aliphatic rings. The molecule has 0 amide bonds. The molecule has 0 N–H and O–H groups in total. The molecular formula is C10H12O2. The molecule has 1 aromatic rings. The second kappa shape index (κ2) is 4.57. The van der Waals surface area contributed by atoms with Crippen LogP contribution in [0.2, 0.25) is 0 Å². The van der Waals surface area contributed by atoms with Crippen LogP contribution in [0.1, 0.15) is 5.56 Å².